The van der Waals surface area contributed by atoms with Crippen molar-refractivity contribution >= 4 is 0 Å². The van der Waals surface area contributed by atoms with Crippen molar-refractivity contribution in [2.75, 3.05) is 19.6 Å². The Labute approximate surface area is 127 Å². The van der Waals surface area contributed by atoms with E-state index in [0.717, 1.165) is 18.9 Å². The van der Waals surface area contributed by atoms with Crippen LogP contribution in [0.3, 0.4) is 0 Å². The Hall–Kier alpha value is -1.80. The normalized spacial score (nSPS) is 17.0. The summed E-state index contributed by atoms with van der Waals surface area (Å²) in [5.41, 5.74) is 2.80. The quantitative estimate of drug-likeness (QED) is 0.921. The first kappa shape index (κ1) is 14.2. The van der Waals surface area contributed by atoms with Gasteiger partial charge in [-0.3, -0.25) is 0 Å². The summed E-state index contributed by atoms with van der Waals surface area (Å²) in [5, 5.41) is 9.30. The smallest absolute Gasteiger partial charge is 0.115 e. The van der Waals surface area contributed by atoms with Crippen LogP contribution in [0.2, 0.25) is 0 Å². The van der Waals surface area contributed by atoms with Gasteiger partial charge in [0.2, 0.25) is 0 Å². The molecular formula is C19H23NO. The third-order valence-corrected chi connectivity index (χ3v) is 4.51. The first-order valence-corrected chi connectivity index (χ1v) is 7.86. The molecule has 2 aromatic carbocycles. The van der Waals surface area contributed by atoms with Crippen LogP contribution in [-0.4, -0.2) is 29.6 Å². The second-order valence-electron chi connectivity index (χ2n) is 5.94. The van der Waals surface area contributed by atoms with Crippen LogP contribution >= 0.6 is 0 Å². The molecule has 1 heterocycles. The molecule has 21 heavy (non-hydrogen) atoms. The molecule has 0 unspecified atom stereocenters. The van der Waals surface area contributed by atoms with Gasteiger partial charge in [-0.05, 0) is 61.5 Å². The first-order chi connectivity index (χ1) is 10.3. The molecule has 0 amide bonds. The Morgan fingerprint density at radius 3 is 2.24 bits per heavy atom. The zero-order chi connectivity index (χ0) is 14.5. The lowest BCUT2D eigenvalue weighted by molar-refractivity contribution is 0.214. The lowest BCUT2D eigenvalue weighted by Crippen LogP contribution is -2.34. The monoisotopic (exact) mass is 281 g/mol. The number of hydrogen-bond donors (Lipinski definition) is 1. The molecule has 2 nitrogen and oxygen atoms in total. The topological polar surface area (TPSA) is 23.5 Å². The van der Waals surface area contributed by atoms with Crippen LogP contribution in [0.4, 0.5) is 0 Å². The standard InChI is InChI=1S/C19H23NO/c21-19-8-6-16(7-9-19)10-13-20-14-11-18(12-15-20)17-4-2-1-3-5-17/h1-9,18,21H,10-15H2. The van der Waals surface area contributed by atoms with Gasteiger partial charge in [0.1, 0.15) is 5.75 Å². The van der Waals surface area contributed by atoms with Crippen molar-refractivity contribution in [1.29, 1.82) is 0 Å². The Bertz CT molecular complexity index is 542. The highest BCUT2D eigenvalue weighted by Crippen LogP contribution is 2.27. The van der Waals surface area contributed by atoms with Crippen molar-refractivity contribution in [2.24, 2.45) is 0 Å². The van der Waals surface area contributed by atoms with Crippen LogP contribution in [0.1, 0.15) is 29.9 Å². The molecule has 0 radical (unpaired) electrons. The van der Waals surface area contributed by atoms with Gasteiger partial charge in [0.15, 0.2) is 0 Å². The fourth-order valence-corrected chi connectivity index (χ4v) is 3.16. The first-order valence-electron chi connectivity index (χ1n) is 7.86. The highest BCUT2D eigenvalue weighted by atomic mass is 16.3. The molecular weight excluding hydrogens is 258 g/mol. The van der Waals surface area contributed by atoms with Crippen molar-refractivity contribution in [2.45, 2.75) is 25.2 Å². The summed E-state index contributed by atoms with van der Waals surface area (Å²) in [5.74, 6) is 1.08. The average molecular weight is 281 g/mol. The summed E-state index contributed by atoms with van der Waals surface area (Å²) >= 11 is 0. The number of hydrogen-bond acceptors (Lipinski definition) is 2. The fourth-order valence-electron chi connectivity index (χ4n) is 3.16. The minimum absolute atomic E-state index is 0.349. The van der Waals surface area contributed by atoms with Crippen molar-refractivity contribution < 1.29 is 5.11 Å². The van der Waals surface area contributed by atoms with Crippen molar-refractivity contribution in [3.05, 3.63) is 65.7 Å². The molecule has 1 saturated heterocycles. The molecule has 0 aromatic heterocycles. The number of phenols is 1. The zero-order valence-electron chi connectivity index (χ0n) is 12.4. The summed E-state index contributed by atoms with van der Waals surface area (Å²) in [6.45, 7) is 3.50. The summed E-state index contributed by atoms with van der Waals surface area (Å²) in [6, 6.07) is 18.5. The van der Waals surface area contributed by atoms with Gasteiger partial charge >= 0.3 is 0 Å². The maximum Gasteiger partial charge on any atom is 0.115 e. The fraction of sp³-hybridized carbons (Fsp3) is 0.368. The minimum atomic E-state index is 0.349. The number of piperidine rings is 1. The van der Waals surface area contributed by atoms with Crippen molar-refractivity contribution in [3.8, 4) is 5.75 Å². The van der Waals surface area contributed by atoms with Crippen LogP contribution in [0.15, 0.2) is 54.6 Å². The molecule has 0 bridgehead atoms. The van der Waals surface area contributed by atoms with Gasteiger partial charge in [0.25, 0.3) is 0 Å². The maximum absolute atomic E-state index is 9.30. The Balaban J connectivity index is 1.47. The van der Waals surface area contributed by atoms with Crippen LogP contribution < -0.4 is 0 Å². The molecule has 2 heteroatoms. The summed E-state index contributed by atoms with van der Waals surface area (Å²) in [7, 11) is 0. The minimum Gasteiger partial charge on any atom is -0.508 e. The molecule has 1 aliphatic heterocycles. The molecule has 3 rings (SSSR count). The van der Waals surface area contributed by atoms with E-state index in [1.165, 1.54) is 37.1 Å². The lowest BCUT2D eigenvalue weighted by Gasteiger charge is -2.32. The third-order valence-electron chi connectivity index (χ3n) is 4.51. The van der Waals surface area contributed by atoms with E-state index in [4.69, 9.17) is 0 Å². The van der Waals surface area contributed by atoms with E-state index in [1.54, 1.807) is 12.1 Å². The van der Waals surface area contributed by atoms with E-state index in [1.807, 2.05) is 12.1 Å². The number of nitrogens with zero attached hydrogens (tertiary/aromatic N) is 1. The predicted molar refractivity (Wildman–Crippen MR) is 86.7 cm³/mol. The van der Waals surface area contributed by atoms with Crippen LogP contribution in [-0.2, 0) is 6.42 Å². The van der Waals surface area contributed by atoms with Gasteiger partial charge in [-0.2, -0.15) is 0 Å². The highest BCUT2D eigenvalue weighted by Gasteiger charge is 2.19. The Kier molecular flexibility index (Phi) is 4.56. The summed E-state index contributed by atoms with van der Waals surface area (Å²) in [4.78, 5) is 2.56. The second kappa shape index (κ2) is 6.77. The van der Waals surface area contributed by atoms with E-state index < -0.39 is 0 Å². The molecule has 110 valence electrons. The van der Waals surface area contributed by atoms with Crippen LogP contribution in [0.5, 0.6) is 5.75 Å². The predicted octanol–water partition coefficient (Wildman–Crippen LogP) is 3.81. The Morgan fingerprint density at radius 1 is 0.905 bits per heavy atom. The van der Waals surface area contributed by atoms with Crippen molar-refractivity contribution in [1.82, 2.24) is 4.90 Å². The largest absolute Gasteiger partial charge is 0.508 e. The average Bonchev–Trinajstić information content (AvgIpc) is 2.56. The van der Waals surface area contributed by atoms with Gasteiger partial charge < -0.3 is 10.0 Å². The molecule has 1 N–H and O–H groups in total. The van der Waals surface area contributed by atoms with Gasteiger partial charge in [0, 0.05) is 6.54 Å². The number of phenolic OH excluding ortho intramolecular Hbond substituents is 1. The third kappa shape index (κ3) is 3.85. The van der Waals surface area contributed by atoms with Crippen LogP contribution in [0.25, 0.3) is 0 Å². The summed E-state index contributed by atoms with van der Waals surface area (Å²) in [6.07, 6.45) is 3.59. The lowest BCUT2D eigenvalue weighted by atomic mass is 9.89. The molecule has 1 fully saturated rings. The number of likely N-dealkylation sites (tertiary alicyclic amines) is 1. The van der Waals surface area contributed by atoms with Crippen molar-refractivity contribution in [3.63, 3.8) is 0 Å². The second-order valence-corrected chi connectivity index (χ2v) is 5.94. The van der Waals surface area contributed by atoms with E-state index in [0.29, 0.717) is 5.75 Å². The van der Waals surface area contributed by atoms with Gasteiger partial charge in [-0.1, -0.05) is 42.5 Å². The Morgan fingerprint density at radius 2 is 1.57 bits per heavy atom. The molecule has 0 atom stereocenters. The SMILES string of the molecule is Oc1ccc(CCN2CCC(c3ccccc3)CC2)cc1. The van der Waals surface area contributed by atoms with E-state index >= 15 is 0 Å². The summed E-state index contributed by atoms with van der Waals surface area (Å²) < 4.78 is 0. The van der Waals surface area contributed by atoms with E-state index in [9.17, 15) is 5.11 Å². The highest BCUT2D eigenvalue weighted by molar-refractivity contribution is 5.26. The molecule has 0 spiro atoms. The van der Waals surface area contributed by atoms with Gasteiger partial charge in [-0.15, -0.1) is 0 Å². The van der Waals surface area contributed by atoms with Gasteiger partial charge in [-0.25, -0.2) is 0 Å². The molecule has 0 aliphatic carbocycles. The number of aromatic hydroxyl groups is 1. The maximum atomic E-state index is 9.30. The molecule has 0 saturated carbocycles. The van der Waals surface area contributed by atoms with E-state index in [-0.39, 0.29) is 0 Å². The van der Waals surface area contributed by atoms with E-state index in [2.05, 4.69) is 35.2 Å². The van der Waals surface area contributed by atoms with Crippen LogP contribution in [0, 0.1) is 0 Å². The molecule has 1 aliphatic rings. The number of benzene rings is 2. The van der Waals surface area contributed by atoms with Gasteiger partial charge in [0.05, 0.1) is 0 Å². The zero-order valence-corrected chi connectivity index (χ0v) is 12.4. The molecule has 2 aromatic rings. The number of rotatable bonds is 4.